The number of rotatable bonds is 1. The lowest BCUT2D eigenvalue weighted by atomic mass is 10.1. The van der Waals surface area contributed by atoms with E-state index in [0.717, 1.165) is 6.04 Å². The summed E-state index contributed by atoms with van der Waals surface area (Å²) in [6, 6.07) is 2.32. The van der Waals surface area contributed by atoms with Crippen molar-refractivity contribution in [2.75, 3.05) is 13.1 Å². The molecule has 88 valence electrons. The van der Waals surface area contributed by atoms with Gasteiger partial charge in [0.15, 0.2) is 0 Å². The molecule has 1 aliphatic heterocycles. The monoisotopic (exact) mass is 210 g/mol. The van der Waals surface area contributed by atoms with Crippen LogP contribution in [0.4, 0.5) is 0 Å². The highest BCUT2D eigenvalue weighted by Crippen LogP contribution is 2.24. The van der Waals surface area contributed by atoms with Crippen molar-refractivity contribution in [3.63, 3.8) is 0 Å². The maximum atomic E-state index is 3.67. The van der Waals surface area contributed by atoms with Gasteiger partial charge in [0.05, 0.1) is 0 Å². The van der Waals surface area contributed by atoms with Crippen LogP contribution in [0.3, 0.4) is 0 Å². The van der Waals surface area contributed by atoms with Gasteiger partial charge in [0.2, 0.25) is 0 Å². The van der Waals surface area contributed by atoms with Crippen molar-refractivity contribution in [3.05, 3.63) is 0 Å². The molecule has 0 spiro atoms. The molecule has 0 bridgehead atoms. The fourth-order valence-corrected chi connectivity index (χ4v) is 3.12. The highest BCUT2D eigenvalue weighted by Gasteiger charge is 2.24. The van der Waals surface area contributed by atoms with Crippen LogP contribution >= 0.6 is 0 Å². The number of nitrogens with one attached hydrogen (secondary N) is 1. The fraction of sp³-hybridized carbons (Fsp3) is 1.00. The molecule has 1 saturated carbocycles. The maximum Gasteiger partial charge on any atom is 0.00952 e. The molecule has 0 aromatic carbocycles. The second kappa shape index (κ2) is 5.31. The minimum atomic E-state index is 0.698. The Kier molecular flexibility index (Phi) is 4.04. The summed E-state index contributed by atoms with van der Waals surface area (Å²) >= 11 is 0. The number of hydrogen-bond acceptors (Lipinski definition) is 2. The highest BCUT2D eigenvalue weighted by atomic mass is 15.2. The Labute approximate surface area is 94.4 Å². The van der Waals surface area contributed by atoms with Gasteiger partial charge in [-0.15, -0.1) is 0 Å². The Morgan fingerprint density at radius 3 is 1.93 bits per heavy atom. The third-order valence-electron chi connectivity index (χ3n) is 4.11. The Hall–Kier alpha value is -0.0800. The second-order valence-electron chi connectivity index (χ2n) is 5.52. The van der Waals surface area contributed by atoms with Gasteiger partial charge in [-0.1, -0.05) is 12.8 Å². The topological polar surface area (TPSA) is 15.3 Å². The molecule has 2 heteroatoms. The van der Waals surface area contributed by atoms with Gasteiger partial charge in [-0.25, -0.2) is 0 Å². The first kappa shape index (κ1) is 11.4. The van der Waals surface area contributed by atoms with Crippen molar-refractivity contribution < 1.29 is 0 Å². The SMILES string of the molecule is CC1CCN(C2CCCC2)CCC(C)N1. The van der Waals surface area contributed by atoms with Crippen molar-refractivity contribution in [1.82, 2.24) is 10.2 Å². The first-order valence-electron chi connectivity index (χ1n) is 6.76. The molecule has 1 N–H and O–H groups in total. The van der Waals surface area contributed by atoms with Crippen molar-refractivity contribution in [1.29, 1.82) is 0 Å². The first-order valence-corrected chi connectivity index (χ1v) is 6.76. The smallest absolute Gasteiger partial charge is 0.00952 e. The van der Waals surface area contributed by atoms with Crippen LogP contribution in [-0.2, 0) is 0 Å². The molecule has 0 amide bonds. The average Bonchev–Trinajstić information content (AvgIpc) is 2.68. The molecule has 2 fully saturated rings. The zero-order chi connectivity index (χ0) is 10.7. The summed E-state index contributed by atoms with van der Waals surface area (Å²) in [5.41, 5.74) is 0. The lowest BCUT2D eigenvalue weighted by Crippen LogP contribution is -2.45. The largest absolute Gasteiger partial charge is 0.312 e. The second-order valence-corrected chi connectivity index (χ2v) is 5.52. The lowest BCUT2D eigenvalue weighted by molar-refractivity contribution is 0.164. The quantitative estimate of drug-likeness (QED) is 0.715. The normalized spacial score (nSPS) is 36.4. The Morgan fingerprint density at radius 1 is 0.867 bits per heavy atom. The molecule has 2 aliphatic rings. The van der Waals surface area contributed by atoms with Gasteiger partial charge in [-0.3, -0.25) is 0 Å². The van der Waals surface area contributed by atoms with Crippen molar-refractivity contribution in [3.8, 4) is 0 Å². The molecule has 1 aliphatic carbocycles. The summed E-state index contributed by atoms with van der Waals surface area (Å²) in [6.45, 7) is 7.28. The number of nitrogens with zero attached hydrogens (tertiary/aromatic N) is 1. The predicted octanol–water partition coefficient (Wildman–Crippen LogP) is 2.39. The Morgan fingerprint density at radius 2 is 1.40 bits per heavy atom. The summed E-state index contributed by atoms with van der Waals surface area (Å²) in [5, 5.41) is 3.67. The average molecular weight is 210 g/mol. The minimum absolute atomic E-state index is 0.698. The van der Waals surface area contributed by atoms with E-state index in [1.165, 1.54) is 51.6 Å². The van der Waals surface area contributed by atoms with Crippen LogP contribution in [0.5, 0.6) is 0 Å². The van der Waals surface area contributed by atoms with Crippen LogP contribution in [0.1, 0.15) is 52.4 Å². The minimum Gasteiger partial charge on any atom is -0.312 e. The Bertz CT molecular complexity index is 175. The van der Waals surface area contributed by atoms with Gasteiger partial charge in [0, 0.05) is 18.1 Å². The molecule has 2 unspecified atom stereocenters. The van der Waals surface area contributed by atoms with E-state index < -0.39 is 0 Å². The fourth-order valence-electron chi connectivity index (χ4n) is 3.12. The zero-order valence-electron chi connectivity index (χ0n) is 10.3. The third-order valence-corrected chi connectivity index (χ3v) is 4.11. The summed E-state index contributed by atoms with van der Waals surface area (Å²) in [6.07, 6.45) is 8.48. The molecule has 0 radical (unpaired) electrons. The van der Waals surface area contributed by atoms with Crippen molar-refractivity contribution in [2.45, 2.75) is 70.5 Å². The van der Waals surface area contributed by atoms with Crippen LogP contribution in [0.2, 0.25) is 0 Å². The van der Waals surface area contributed by atoms with Gasteiger partial charge < -0.3 is 10.2 Å². The van der Waals surface area contributed by atoms with Crippen molar-refractivity contribution >= 4 is 0 Å². The van der Waals surface area contributed by atoms with E-state index in [4.69, 9.17) is 0 Å². The zero-order valence-corrected chi connectivity index (χ0v) is 10.3. The summed E-state index contributed by atoms with van der Waals surface area (Å²) in [5.74, 6) is 0. The summed E-state index contributed by atoms with van der Waals surface area (Å²) in [4.78, 5) is 2.76. The summed E-state index contributed by atoms with van der Waals surface area (Å²) < 4.78 is 0. The summed E-state index contributed by atoms with van der Waals surface area (Å²) in [7, 11) is 0. The molecule has 1 heterocycles. The molecule has 2 atom stereocenters. The van der Waals surface area contributed by atoms with Crippen LogP contribution in [0.15, 0.2) is 0 Å². The molecule has 2 nitrogen and oxygen atoms in total. The molecule has 0 aromatic rings. The molecule has 15 heavy (non-hydrogen) atoms. The van der Waals surface area contributed by atoms with E-state index in [0.29, 0.717) is 12.1 Å². The maximum absolute atomic E-state index is 3.67. The molecular weight excluding hydrogens is 184 g/mol. The van der Waals surface area contributed by atoms with Crippen LogP contribution in [0.25, 0.3) is 0 Å². The van der Waals surface area contributed by atoms with Gasteiger partial charge >= 0.3 is 0 Å². The number of hydrogen-bond donors (Lipinski definition) is 1. The van der Waals surface area contributed by atoms with E-state index in [1.54, 1.807) is 0 Å². The highest BCUT2D eigenvalue weighted by molar-refractivity contribution is 4.82. The van der Waals surface area contributed by atoms with Gasteiger partial charge in [0.1, 0.15) is 0 Å². The van der Waals surface area contributed by atoms with E-state index in [1.807, 2.05) is 0 Å². The molecule has 1 saturated heterocycles. The molecule has 2 rings (SSSR count). The van der Waals surface area contributed by atoms with Gasteiger partial charge in [-0.05, 0) is 52.6 Å². The predicted molar refractivity (Wildman–Crippen MR) is 65.1 cm³/mol. The van der Waals surface area contributed by atoms with Crippen molar-refractivity contribution in [2.24, 2.45) is 0 Å². The molecular formula is C13H26N2. The van der Waals surface area contributed by atoms with E-state index >= 15 is 0 Å². The van der Waals surface area contributed by atoms with E-state index in [-0.39, 0.29) is 0 Å². The Balaban J connectivity index is 1.87. The van der Waals surface area contributed by atoms with Crippen LogP contribution < -0.4 is 5.32 Å². The van der Waals surface area contributed by atoms with Crippen LogP contribution in [0, 0.1) is 0 Å². The van der Waals surface area contributed by atoms with Gasteiger partial charge in [-0.2, -0.15) is 0 Å². The standard InChI is InChI=1S/C13H26N2/c1-11-7-9-15(10-8-12(2)14-11)13-5-3-4-6-13/h11-14H,3-10H2,1-2H3. The van der Waals surface area contributed by atoms with E-state index in [9.17, 15) is 0 Å². The lowest BCUT2D eigenvalue weighted by Gasteiger charge is -2.34. The third kappa shape index (κ3) is 3.18. The molecule has 0 aromatic heterocycles. The van der Waals surface area contributed by atoms with Crippen LogP contribution in [-0.4, -0.2) is 36.1 Å². The van der Waals surface area contributed by atoms with E-state index in [2.05, 4.69) is 24.1 Å². The first-order chi connectivity index (χ1) is 7.25. The van der Waals surface area contributed by atoms with Gasteiger partial charge in [0.25, 0.3) is 0 Å².